The van der Waals surface area contributed by atoms with Gasteiger partial charge in [0.05, 0.1) is 4.83 Å². The Morgan fingerprint density at radius 2 is 2.22 bits per heavy atom. The molecule has 1 aliphatic rings. The van der Waals surface area contributed by atoms with Crippen LogP contribution in [0.5, 0.6) is 0 Å². The van der Waals surface area contributed by atoms with Crippen molar-refractivity contribution in [1.29, 1.82) is 0 Å². The molecule has 0 aromatic rings. The number of piperidine rings is 1. The van der Waals surface area contributed by atoms with Crippen LogP contribution in [0, 0.1) is 0 Å². The van der Waals surface area contributed by atoms with Gasteiger partial charge in [0.25, 0.3) is 0 Å². The van der Waals surface area contributed by atoms with E-state index in [-0.39, 0.29) is 0 Å². The van der Waals surface area contributed by atoms with E-state index in [1.807, 2.05) is 0 Å². The predicted octanol–water partition coefficient (Wildman–Crippen LogP) is 2.16. The topological polar surface area (TPSA) is 12.0 Å². The van der Waals surface area contributed by atoms with Crippen LogP contribution in [-0.2, 0) is 0 Å². The van der Waals surface area contributed by atoms with Gasteiger partial charge in [0.2, 0.25) is 0 Å². The zero-order valence-corrected chi connectivity index (χ0v) is 6.87. The van der Waals surface area contributed by atoms with Crippen LogP contribution in [0.2, 0.25) is 0 Å². The van der Waals surface area contributed by atoms with Crippen molar-refractivity contribution in [2.24, 2.45) is 0 Å². The van der Waals surface area contributed by atoms with Crippen molar-refractivity contribution < 1.29 is 0 Å². The lowest BCUT2D eigenvalue weighted by Gasteiger charge is -2.22. The van der Waals surface area contributed by atoms with Crippen molar-refractivity contribution >= 4 is 15.9 Å². The van der Waals surface area contributed by atoms with E-state index in [0.717, 1.165) is 24.2 Å². The van der Waals surface area contributed by atoms with E-state index < -0.39 is 0 Å². The molecule has 0 spiro atoms. The van der Waals surface area contributed by atoms with Crippen LogP contribution in [0.1, 0.15) is 12.8 Å². The molecule has 1 N–H and O–H groups in total. The van der Waals surface area contributed by atoms with Gasteiger partial charge in [-0.15, -0.1) is 0 Å². The summed E-state index contributed by atoms with van der Waals surface area (Å²) in [5.74, 6) is 0. The van der Waals surface area contributed by atoms with Crippen molar-refractivity contribution in [3.63, 3.8) is 0 Å². The molecule has 0 amide bonds. The smallest absolute Gasteiger partial charge is 0.0543 e. The maximum absolute atomic E-state index is 3.83. The molecule has 1 fully saturated rings. The summed E-state index contributed by atoms with van der Waals surface area (Å²) in [5, 5.41) is 3.09. The molecule has 1 aliphatic heterocycles. The third kappa shape index (κ3) is 1.58. The molecule has 1 saturated heterocycles. The molecule has 50 valence electrons. The minimum absolute atomic E-state index is 0.433. The highest BCUT2D eigenvalue weighted by Gasteiger charge is 2.14. The zero-order chi connectivity index (χ0) is 6.85. The second-order valence-corrected chi connectivity index (χ2v) is 3.37. The van der Waals surface area contributed by atoms with E-state index >= 15 is 0 Å². The van der Waals surface area contributed by atoms with Gasteiger partial charge in [0.1, 0.15) is 0 Å². The Morgan fingerprint density at radius 3 is 2.67 bits per heavy atom. The highest BCUT2D eigenvalue weighted by atomic mass is 79.9. The molecule has 2 heteroatoms. The first-order valence-electron chi connectivity index (χ1n) is 2.98. The summed E-state index contributed by atoms with van der Waals surface area (Å²) in [6, 6.07) is 0. The third-order valence-electron chi connectivity index (χ3n) is 1.42. The Morgan fingerprint density at radius 1 is 1.56 bits per heavy atom. The first-order valence-corrected chi connectivity index (χ1v) is 3.89. The van der Waals surface area contributed by atoms with Crippen molar-refractivity contribution in [2.45, 2.75) is 17.7 Å². The molecule has 0 saturated carbocycles. The number of hydrogen-bond donors (Lipinski definition) is 1. The molecule has 0 aromatic heterocycles. The standard InChI is InChI=1S/C7H10BrN/c1-5-3-4-7(8)6(2)9-5/h7,9H,1-4H2. The quantitative estimate of drug-likeness (QED) is 0.574. The third-order valence-corrected chi connectivity index (χ3v) is 2.43. The largest absolute Gasteiger partial charge is 0.362 e. The van der Waals surface area contributed by atoms with Gasteiger partial charge in [-0.2, -0.15) is 0 Å². The lowest BCUT2D eigenvalue weighted by Crippen LogP contribution is -2.24. The van der Waals surface area contributed by atoms with E-state index in [0.29, 0.717) is 4.83 Å². The molecule has 0 aliphatic carbocycles. The van der Waals surface area contributed by atoms with Gasteiger partial charge >= 0.3 is 0 Å². The first-order chi connectivity index (χ1) is 4.20. The second kappa shape index (κ2) is 2.56. The summed E-state index contributed by atoms with van der Waals surface area (Å²) in [6.45, 7) is 7.63. The van der Waals surface area contributed by atoms with Gasteiger partial charge in [0.15, 0.2) is 0 Å². The molecular weight excluding hydrogens is 178 g/mol. The molecule has 1 nitrogen and oxygen atoms in total. The van der Waals surface area contributed by atoms with E-state index in [1.54, 1.807) is 0 Å². The molecule has 1 heterocycles. The molecule has 1 unspecified atom stereocenters. The predicted molar refractivity (Wildman–Crippen MR) is 43.4 cm³/mol. The zero-order valence-electron chi connectivity index (χ0n) is 5.28. The number of halogens is 1. The van der Waals surface area contributed by atoms with Crippen LogP contribution < -0.4 is 5.32 Å². The van der Waals surface area contributed by atoms with Crippen molar-refractivity contribution in [3.8, 4) is 0 Å². The fourth-order valence-corrected chi connectivity index (χ4v) is 1.19. The Labute approximate surface area is 64.0 Å². The van der Waals surface area contributed by atoms with Crippen LogP contribution >= 0.6 is 15.9 Å². The van der Waals surface area contributed by atoms with Crippen molar-refractivity contribution in [1.82, 2.24) is 5.32 Å². The number of rotatable bonds is 0. The normalized spacial score (nSPS) is 27.9. The average molecular weight is 188 g/mol. The number of nitrogens with one attached hydrogen (secondary N) is 1. The highest BCUT2D eigenvalue weighted by molar-refractivity contribution is 9.09. The van der Waals surface area contributed by atoms with Crippen molar-refractivity contribution in [2.75, 3.05) is 0 Å². The van der Waals surface area contributed by atoms with Crippen LogP contribution in [0.4, 0.5) is 0 Å². The monoisotopic (exact) mass is 187 g/mol. The summed E-state index contributed by atoms with van der Waals surface area (Å²) in [4.78, 5) is 0.433. The SMILES string of the molecule is C=C1CCC(Br)C(=C)N1. The molecule has 1 atom stereocenters. The Hall–Kier alpha value is -0.240. The molecule has 1 rings (SSSR count). The average Bonchev–Trinajstić information content (AvgIpc) is 1.80. The van der Waals surface area contributed by atoms with Gasteiger partial charge in [-0.1, -0.05) is 29.1 Å². The summed E-state index contributed by atoms with van der Waals surface area (Å²) >= 11 is 3.48. The molecule has 0 bridgehead atoms. The lowest BCUT2D eigenvalue weighted by atomic mass is 10.1. The van der Waals surface area contributed by atoms with E-state index in [9.17, 15) is 0 Å². The van der Waals surface area contributed by atoms with Crippen LogP contribution in [-0.4, -0.2) is 4.83 Å². The Kier molecular flexibility index (Phi) is 1.96. The molecule has 0 radical (unpaired) electrons. The van der Waals surface area contributed by atoms with E-state index in [1.165, 1.54) is 0 Å². The second-order valence-electron chi connectivity index (χ2n) is 2.26. The van der Waals surface area contributed by atoms with Gasteiger partial charge < -0.3 is 5.32 Å². The van der Waals surface area contributed by atoms with Crippen molar-refractivity contribution in [3.05, 3.63) is 24.6 Å². The Bertz CT molecular complexity index is 151. The number of hydrogen-bond acceptors (Lipinski definition) is 1. The van der Waals surface area contributed by atoms with E-state index in [4.69, 9.17) is 0 Å². The van der Waals surface area contributed by atoms with Crippen LogP contribution in [0.15, 0.2) is 24.6 Å². The minimum Gasteiger partial charge on any atom is -0.362 e. The van der Waals surface area contributed by atoms with Gasteiger partial charge in [-0.3, -0.25) is 0 Å². The number of allylic oxidation sites excluding steroid dienone is 2. The van der Waals surface area contributed by atoms with E-state index in [2.05, 4.69) is 34.4 Å². The lowest BCUT2D eigenvalue weighted by molar-refractivity contribution is 0.688. The summed E-state index contributed by atoms with van der Waals surface area (Å²) < 4.78 is 0. The van der Waals surface area contributed by atoms with Crippen LogP contribution in [0.25, 0.3) is 0 Å². The molecule has 0 aromatic carbocycles. The fraction of sp³-hybridized carbons (Fsp3) is 0.429. The minimum atomic E-state index is 0.433. The number of alkyl halides is 1. The first kappa shape index (κ1) is 6.87. The van der Waals surface area contributed by atoms with Crippen LogP contribution in [0.3, 0.4) is 0 Å². The molecule has 9 heavy (non-hydrogen) atoms. The highest BCUT2D eigenvalue weighted by Crippen LogP contribution is 2.22. The maximum atomic E-state index is 3.83. The fourth-order valence-electron chi connectivity index (χ4n) is 0.843. The summed E-state index contributed by atoms with van der Waals surface area (Å²) in [5.41, 5.74) is 2.11. The maximum Gasteiger partial charge on any atom is 0.0543 e. The van der Waals surface area contributed by atoms with Gasteiger partial charge in [0, 0.05) is 11.4 Å². The summed E-state index contributed by atoms with van der Waals surface area (Å²) in [7, 11) is 0. The molecular formula is C7H10BrN. The summed E-state index contributed by atoms with van der Waals surface area (Å²) in [6.07, 6.45) is 2.17. The van der Waals surface area contributed by atoms with Gasteiger partial charge in [-0.25, -0.2) is 0 Å². The van der Waals surface area contributed by atoms with Gasteiger partial charge in [-0.05, 0) is 12.8 Å². The Balaban J connectivity index is 2.54.